The number of halogens is 1. The van der Waals surface area contributed by atoms with E-state index in [9.17, 15) is 4.39 Å². The van der Waals surface area contributed by atoms with E-state index in [1.54, 1.807) is 28.2 Å². The fraction of sp³-hybridized carbons (Fsp3) is 0.286. The molecular formula is C14H15FN4S. The Morgan fingerprint density at radius 3 is 2.65 bits per heavy atom. The number of thiazole rings is 1. The van der Waals surface area contributed by atoms with Crippen LogP contribution in [0.5, 0.6) is 0 Å². The molecule has 0 saturated carbocycles. The standard InChI is InChI=1S/C14H15FN4S/c1-9-12-13(19(3)17-9)16-14(20-12)18(2)8-10-4-6-11(15)7-5-10/h4-7H,8H2,1-3H3. The minimum absolute atomic E-state index is 0.210. The molecule has 0 aliphatic heterocycles. The van der Waals surface area contributed by atoms with Crippen molar-refractivity contribution in [3.05, 3.63) is 41.3 Å². The second-order valence-corrected chi connectivity index (χ2v) is 5.82. The summed E-state index contributed by atoms with van der Waals surface area (Å²) in [6, 6.07) is 6.56. The van der Waals surface area contributed by atoms with Crippen molar-refractivity contribution in [2.24, 2.45) is 7.05 Å². The Hall–Kier alpha value is -1.95. The van der Waals surface area contributed by atoms with Crippen LogP contribution in [0.2, 0.25) is 0 Å². The summed E-state index contributed by atoms with van der Waals surface area (Å²) in [5.41, 5.74) is 2.97. The van der Waals surface area contributed by atoms with E-state index < -0.39 is 0 Å². The Morgan fingerprint density at radius 1 is 1.30 bits per heavy atom. The molecule has 0 N–H and O–H groups in total. The van der Waals surface area contributed by atoms with Gasteiger partial charge in [0.15, 0.2) is 10.8 Å². The first kappa shape index (κ1) is 13.1. The van der Waals surface area contributed by atoms with E-state index in [2.05, 4.69) is 15.0 Å². The van der Waals surface area contributed by atoms with E-state index in [1.165, 1.54) is 12.1 Å². The van der Waals surface area contributed by atoms with Gasteiger partial charge in [-0.1, -0.05) is 23.5 Å². The number of hydrogen-bond acceptors (Lipinski definition) is 4. The van der Waals surface area contributed by atoms with Crippen molar-refractivity contribution >= 4 is 26.8 Å². The van der Waals surface area contributed by atoms with Crippen LogP contribution in [0.25, 0.3) is 10.3 Å². The lowest BCUT2D eigenvalue weighted by molar-refractivity contribution is 0.627. The first-order valence-corrected chi connectivity index (χ1v) is 7.12. The summed E-state index contributed by atoms with van der Waals surface area (Å²) < 4.78 is 15.8. The lowest BCUT2D eigenvalue weighted by atomic mass is 10.2. The highest BCUT2D eigenvalue weighted by Gasteiger charge is 2.14. The van der Waals surface area contributed by atoms with Crippen LogP contribution < -0.4 is 4.90 Å². The highest BCUT2D eigenvalue weighted by molar-refractivity contribution is 7.22. The Balaban J connectivity index is 1.86. The zero-order valence-corrected chi connectivity index (χ0v) is 12.4. The van der Waals surface area contributed by atoms with Crippen molar-refractivity contribution in [3.8, 4) is 0 Å². The highest BCUT2D eigenvalue weighted by atomic mass is 32.1. The third-order valence-electron chi connectivity index (χ3n) is 3.19. The third kappa shape index (κ3) is 2.27. The van der Waals surface area contributed by atoms with Crippen LogP contribution in [0.1, 0.15) is 11.3 Å². The molecule has 0 bridgehead atoms. The molecule has 1 aromatic carbocycles. The maximum Gasteiger partial charge on any atom is 0.188 e. The van der Waals surface area contributed by atoms with E-state index in [4.69, 9.17) is 0 Å². The van der Waals surface area contributed by atoms with Crippen molar-refractivity contribution in [3.63, 3.8) is 0 Å². The minimum Gasteiger partial charge on any atom is -0.347 e. The largest absolute Gasteiger partial charge is 0.347 e. The Bertz CT molecular complexity index is 710. The van der Waals surface area contributed by atoms with Crippen LogP contribution in [0, 0.1) is 12.7 Å². The number of anilines is 1. The zero-order chi connectivity index (χ0) is 14.3. The molecule has 3 rings (SSSR count). The van der Waals surface area contributed by atoms with Gasteiger partial charge in [-0.15, -0.1) is 0 Å². The van der Waals surface area contributed by atoms with Crippen molar-refractivity contribution in [1.82, 2.24) is 14.8 Å². The molecule has 0 fully saturated rings. The molecule has 2 aromatic heterocycles. The fourth-order valence-electron chi connectivity index (χ4n) is 2.17. The second kappa shape index (κ2) is 4.86. The van der Waals surface area contributed by atoms with Crippen LogP contribution in [-0.2, 0) is 13.6 Å². The smallest absolute Gasteiger partial charge is 0.188 e. The molecule has 0 aliphatic carbocycles. The highest BCUT2D eigenvalue weighted by Crippen LogP contribution is 2.30. The van der Waals surface area contributed by atoms with Gasteiger partial charge in [0, 0.05) is 20.6 Å². The summed E-state index contributed by atoms with van der Waals surface area (Å²) in [6.45, 7) is 2.69. The molecule has 3 aromatic rings. The molecule has 0 saturated heterocycles. The van der Waals surface area contributed by atoms with E-state index in [0.29, 0.717) is 6.54 Å². The predicted molar refractivity (Wildman–Crippen MR) is 79.6 cm³/mol. The lowest BCUT2D eigenvalue weighted by Crippen LogP contribution is -2.16. The number of fused-ring (bicyclic) bond motifs is 1. The van der Waals surface area contributed by atoms with E-state index in [0.717, 1.165) is 26.7 Å². The van der Waals surface area contributed by atoms with Crippen LogP contribution >= 0.6 is 11.3 Å². The fourth-order valence-corrected chi connectivity index (χ4v) is 3.16. The van der Waals surface area contributed by atoms with E-state index >= 15 is 0 Å². The molecule has 4 nitrogen and oxygen atoms in total. The predicted octanol–water partition coefficient (Wildman–Crippen LogP) is 3.11. The molecule has 0 radical (unpaired) electrons. The Morgan fingerprint density at radius 2 is 2.00 bits per heavy atom. The Labute approximate surface area is 120 Å². The van der Waals surface area contributed by atoms with Crippen molar-refractivity contribution < 1.29 is 4.39 Å². The number of benzene rings is 1. The van der Waals surface area contributed by atoms with Gasteiger partial charge in [0.05, 0.1) is 10.4 Å². The van der Waals surface area contributed by atoms with Crippen LogP contribution in [0.3, 0.4) is 0 Å². The normalized spacial score (nSPS) is 11.2. The SMILES string of the molecule is Cc1nn(C)c2nc(N(C)Cc3ccc(F)cc3)sc12. The van der Waals surface area contributed by atoms with Gasteiger partial charge in [-0.25, -0.2) is 14.1 Å². The number of nitrogens with zero attached hydrogens (tertiary/aromatic N) is 4. The molecule has 6 heteroatoms. The molecule has 0 atom stereocenters. The minimum atomic E-state index is -0.210. The summed E-state index contributed by atoms with van der Waals surface area (Å²) in [5.74, 6) is -0.210. The second-order valence-electron chi connectivity index (χ2n) is 4.84. The van der Waals surface area contributed by atoms with E-state index in [1.807, 2.05) is 21.0 Å². The summed E-state index contributed by atoms with van der Waals surface area (Å²) in [6.07, 6.45) is 0. The van der Waals surface area contributed by atoms with E-state index in [-0.39, 0.29) is 5.82 Å². The molecule has 0 amide bonds. The summed E-state index contributed by atoms with van der Waals surface area (Å²) in [4.78, 5) is 6.68. The van der Waals surface area contributed by atoms with Crippen molar-refractivity contribution in [2.45, 2.75) is 13.5 Å². The molecule has 2 heterocycles. The quantitative estimate of drug-likeness (QED) is 0.743. The number of hydrogen-bond donors (Lipinski definition) is 0. The first-order chi connectivity index (χ1) is 9.54. The van der Waals surface area contributed by atoms with Gasteiger partial charge >= 0.3 is 0 Å². The maximum atomic E-state index is 12.9. The monoisotopic (exact) mass is 290 g/mol. The van der Waals surface area contributed by atoms with Gasteiger partial charge in [-0.3, -0.25) is 0 Å². The maximum absolute atomic E-state index is 12.9. The zero-order valence-electron chi connectivity index (χ0n) is 11.6. The summed E-state index contributed by atoms with van der Waals surface area (Å²) >= 11 is 1.63. The average molecular weight is 290 g/mol. The molecule has 0 unspecified atom stereocenters. The number of aryl methyl sites for hydroxylation is 2. The lowest BCUT2D eigenvalue weighted by Gasteiger charge is -2.15. The van der Waals surface area contributed by atoms with Crippen molar-refractivity contribution in [2.75, 3.05) is 11.9 Å². The van der Waals surface area contributed by atoms with Gasteiger partial charge in [-0.2, -0.15) is 5.10 Å². The van der Waals surface area contributed by atoms with Gasteiger partial charge in [0.1, 0.15) is 5.82 Å². The number of aromatic nitrogens is 3. The van der Waals surface area contributed by atoms with Gasteiger partial charge in [0.25, 0.3) is 0 Å². The molecule has 104 valence electrons. The summed E-state index contributed by atoms with van der Waals surface area (Å²) in [5, 5.41) is 5.29. The van der Waals surface area contributed by atoms with Gasteiger partial charge < -0.3 is 4.90 Å². The van der Waals surface area contributed by atoms with Crippen LogP contribution in [0.4, 0.5) is 9.52 Å². The molecule has 0 spiro atoms. The molecule has 0 aliphatic rings. The third-order valence-corrected chi connectivity index (χ3v) is 4.46. The van der Waals surface area contributed by atoms with Gasteiger partial charge in [0.2, 0.25) is 0 Å². The topological polar surface area (TPSA) is 34.0 Å². The Kier molecular flexibility index (Phi) is 3.17. The molecule has 20 heavy (non-hydrogen) atoms. The first-order valence-electron chi connectivity index (χ1n) is 6.30. The average Bonchev–Trinajstić information content (AvgIpc) is 2.95. The number of rotatable bonds is 3. The van der Waals surface area contributed by atoms with Crippen LogP contribution in [0.15, 0.2) is 24.3 Å². The van der Waals surface area contributed by atoms with Gasteiger partial charge in [-0.05, 0) is 24.6 Å². The summed E-state index contributed by atoms with van der Waals surface area (Å²) in [7, 11) is 3.89. The van der Waals surface area contributed by atoms with Crippen molar-refractivity contribution in [1.29, 1.82) is 0 Å². The molecular weight excluding hydrogens is 275 g/mol. The van der Waals surface area contributed by atoms with Crippen LogP contribution in [-0.4, -0.2) is 21.8 Å².